The fraction of sp³-hybridized carbons (Fsp3) is 0.839. The van der Waals surface area contributed by atoms with Gasteiger partial charge >= 0.3 is 0 Å². The molecule has 1 nitrogen and oxygen atoms in total. The summed E-state index contributed by atoms with van der Waals surface area (Å²) in [5.41, 5.74) is 2.30. The molecule has 4 aliphatic carbocycles. The monoisotopic (exact) mass is 438 g/mol. The molecule has 180 valence electrons. The topological polar surface area (TPSA) is 17.1 Å². The zero-order chi connectivity index (χ0) is 23.1. The number of carbonyl (C=O) groups excluding carboxylic acids is 1. The first-order chi connectivity index (χ1) is 15.2. The molecule has 0 N–H and O–H groups in total. The van der Waals surface area contributed by atoms with Gasteiger partial charge in [0.15, 0.2) is 5.78 Å². The Morgan fingerprint density at radius 2 is 1.91 bits per heavy atom. The van der Waals surface area contributed by atoms with Gasteiger partial charge < -0.3 is 0 Å². The number of hydrogen-bond acceptors (Lipinski definition) is 1. The molecule has 0 heterocycles. The summed E-state index contributed by atoms with van der Waals surface area (Å²) in [5, 5.41) is 0. The number of fused-ring (bicyclic) bond motifs is 5. The predicted molar refractivity (Wildman–Crippen MR) is 136 cm³/mol. The maximum atomic E-state index is 12.3. The number of ketones is 1. The molecule has 1 heteroatoms. The van der Waals surface area contributed by atoms with E-state index >= 15 is 0 Å². The third kappa shape index (κ3) is 4.09. The second kappa shape index (κ2) is 9.42. The SMILES string of the molecule is C=CCC1CC2=CC(=O)CC[C@]2(C)C2CC[C@]3(C)C(C(C)CCCC(C)CC)CCC3C12. The van der Waals surface area contributed by atoms with Crippen LogP contribution in [0.3, 0.4) is 0 Å². The molecule has 3 fully saturated rings. The zero-order valence-electron chi connectivity index (χ0n) is 21.8. The van der Waals surface area contributed by atoms with Gasteiger partial charge in [0.25, 0.3) is 0 Å². The van der Waals surface area contributed by atoms with Crippen LogP contribution in [-0.2, 0) is 4.79 Å². The average Bonchev–Trinajstić information content (AvgIpc) is 3.12. The molecule has 9 atom stereocenters. The van der Waals surface area contributed by atoms with Crippen molar-refractivity contribution in [3.8, 4) is 0 Å². The van der Waals surface area contributed by atoms with Gasteiger partial charge in [-0.1, -0.05) is 72.0 Å². The van der Waals surface area contributed by atoms with Crippen LogP contribution in [0.1, 0.15) is 112 Å². The summed E-state index contributed by atoms with van der Waals surface area (Å²) >= 11 is 0. The van der Waals surface area contributed by atoms with Gasteiger partial charge in [0, 0.05) is 6.42 Å². The molecule has 32 heavy (non-hydrogen) atoms. The second-order valence-corrected chi connectivity index (χ2v) is 13.0. The predicted octanol–water partition coefficient (Wildman–Crippen LogP) is 8.79. The van der Waals surface area contributed by atoms with Crippen molar-refractivity contribution in [1.29, 1.82) is 0 Å². The molecule has 4 rings (SSSR count). The Hall–Kier alpha value is -0.850. The van der Waals surface area contributed by atoms with Crippen molar-refractivity contribution in [2.24, 2.45) is 52.3 Å². The van der Waals surface area contributed by atoms with E-state index in [1.54, 1.807) is 0 Å². The molecule has 0 bridgehead atoms. The van der Waals surface area contributed by atoms with Gasteiger partial charge in [0.1, 0.15) is 0 Å². The van der Waals surface area contributed by atoms with Gasteiger partial charge in [-0.2, -0.15) is 0 Å². The van der Waals surface area contributed by atoms with Crippen molar-refractivity contribution in [3.63, 3.8) is 0 Å². The summed E-state index contributed by atoms with van der Waals surface area (Å²) in [7, 11) is 0. The minimum absolute atomic E-state index is 0.275. The smallest absolute Gasteiger partial charge is 0.155 e. The van der Waals surface area contributed by atoms with Gasteiger partial charge in [0.05, 0.1) is 0 Å². The van der Waals surface area contributed by atoms with Gasteiger partial charge in [-0.25, -0.2) is 0 Å². The lowest BCUT2D eigenvalue weighted by molar-refractivity contribution is -0.119. The Balaban J connectivity index is 1.55. The largest absolute Gasteiger partial charge is 0.295 e. The highest BCUT2D eigenvalue weighted by atomic mass is 16.1. The summed E-state index contributed by atoms with van der Waals surface area (Å²) in [6.07, 6.45) is 19.7. The van der Waals surface area contributed by atoms with Crippen molar-refractivity contribution < 1.29 is 4.79 Å². The molecule has 0 spiro atoms. The van der Waals surface area contributed by atoms with Crippen LogP contribution < -0.4 is 0 Å². The van der Waals surface area contributed by atoms with E-state index in [9.17, 15) is 4.79 Å². The lowest BCUT2D eigenvalue weighted by atomic mass is 9.44. The van der Waals surface area contributed by atoms with Crippen LogP contribution in [0, 0.1) is 52.3 Å². The molecule has 0 radical (unpaired) electrons. The number of rotatable bonds is 8. The highest BCUT2D eigenvalue weighted by molar-refractivity contribution is 5.91. The maximum absolute atomic E-state index is 12.3. The Labute approximate surface area is 198 Å². The third-order valence-corrected chi connectivity index (χ3v) is 11.4. The molecule has 3 saturated carbocycles. The van der Waals surface area contributed by atoms with Crippen LogP contribution in [0.4, 0.5) is 0 Å². The van der Waals surface area contributed by atoms with Crippen molar-refractivity contribution >= 4 is 5.78 Å². The molecule has 4 aliphatic rings. The van der Waals surface area contributed by atoms with Crippen LogP contribution >= 0.6 is 0 Å². The minimum Gasteiger partial charge on any atom is -0.295 e. The van der Waals surface area contributed by atoms with E-state index in [0.717, 1.165) is 61.2 Å². The Kier molecular flexibility index (Phi) is 7.15. The summed E-state index contributed by atoms with van der Waals surface area (Å²) < 4.78 is 0. The quantitative estimate of drug-likeness (QED) is 0.346. The lowest BCUT2D eigenvalue weighted by Crippen LogP contribution is -2.54. The molecule has 0 aromatic carbocycles. The van der Waals surface area contributed by atoms with Gasteiger partial charge in [-0.3, -0.25) is 4.79 Å². The van der Waals surface area contributed by atoms with Crippen LogP contribution in [0.2, 0.25) is 0 Å². The molecule has 7 unspecified atom stereocenters. The standard InChI is InChI=1S/C31H50O/c1-7-10-23-19-24-20-25(32)15-17-30(24,5)28-16-18-31(6)26(13-14-27(31)29(23)28)22(4)12-9-11-21(3)8-2/h7,20-23,26-29H,1,8-19H2,2-6H3/t21?,22?,23?,26?,27?,28?,29?,30-,31+/m0/s1. The fourth-order valence-corrected chi connectivity index (χ4v) is 9.33. The van der Waals surface area contributed by atoms with Crippen LogP contribution in [0.5, 0.6) is 0 Å². The molecular formula is C31H50O. The zero-order valence-corrected chi connectivity index (χ0v) is 21.8. The van der Waals surface area contributed by atoms with E-state index in [0.29, 0.717) is 17.1 Å². The van der Waals surface area contributed by atoms with Crippen LogP contribution in [0.15, 0.2) is 24.3 Å². The summed E-state index contributed by atoms with van der Waals surface area (Å²) in [5.74, 6) is 6.23. The molecule has 0 amide bonds. The normalized spacial score (nSPS) is 43.0. The number of hydrogen-bond donors (Lipinski definition) is 0. The Morgan fingerprint density at radius 3 is 2.62 bits per heavy atom. The Morgan fingerprint density at radius 1 is 1.12 bits per heavy atom. The summed E-state index contributed by atoms with van der Waals surface area (Å²) in [6, 6.07) is 0. The first-order valence-corrected chi connectivity index (χ1v) is 14.1. The van der Waals surface area contributed by atoms with E-state index in [4.69, 9.17) is 0 Å². The number of carbonyl (C=O) groups is 1. The van der Waals surface area contributed by atoms with E-state index in [1.807, 2.05) is 0 Å². The lowest BCUT2D eigenvalue weighted by Gasteiger charge is -2.61. The molecule has 0 saturated heterocycles. The highest BCUT2D eigenvalue weighted by Crippen LogP contribution is 2.69. The fourth-order valence-electron chi connectivity index (χ4n) is 9.33. The summed E-state index contributed by atoms with van der Waals surface area (Å²) in [6.45, 7) is 16.7. The van der Waals surface area contributed by atoms with Crippen molar-refractivity contribution in [3.05, 3.63) is 24.3 Å². The number of allylic oxidation sites excluding steroid dienone is 2. The minimum atomic E-state index is 0.275. The maximum Gasteiger partial charge on any atom is 0.155 e. The Bertz CT molecular complexity index is 733. The van der Waals surface area contributed by atoms with Crippen molar-refractivity contribution in [2.45, 2.75) is 112 Å². The van der Waals surface area contributed by atoms with E-state index in [-0.39, 0.29) is 5.41 Å². The van der Waals surface area contributed by atoms with Crippen LogP contribution in [-0.4, -0.2) is 5.78 Å². The van der Waals surface area contributed by atoms with Gasteiger partial charge in [0.2, 0.25) is 0 Å². The molecule has 0 aliphatic heterocycles. The first kappa shape index (κ1) is 24.3. The third-order valence-electron chi connectivity index (χ3n) is 11.4. The van der Waals surface area contributed by atoms with E-state index in [1.165, 1.54) is 56.9 Å². The summed E-state index contributed by atoms with van der Waals surface area (Å²) in [4.78, 5) is 12.3. The van der Waals surface area contributed by atoms with Crippen molar-refractivity contribution in [1.82, 2.24) is 0 Å². The molecular weight excluding hydrogens is 388 g/mol. The van der Waals surface area contributed by atoms with E-state index in [2.05, 4.69) is 53.3 Å². The molecule has 0 aromatic rings. The first-order valence-electron chi connectivity index (χ1n) is 14.1. The average molecular weight is 439 g/mol. The second-order valence-electron chi connectivity index (χ2n) is 13.0. The van der Waals surface area contributed by atoms with Gasteiger partial charge in [-0.05, 0) is 103 Å². The van der Waals surface area contributed by atoms with Crippen LogP contribution in [0.25, 0.3) is 0 Å². The molecule has 0 aromatic heterocycles. The van der Waals surface area contributed by atoms with Gasteiger partial charge in [-0.15, -0.1) is 6.58 Å². The highest BCUT2D eigenvalue weighted by Gasteiger charge is 2.61. The van der Waals surface area contributed by atoms with Crippen molar-refractivity contribution in [2.75, 3.05) is 0 Å². The van der Waals surface area contributed by atoms with E-state index < -0.39 is 0 Å².